The molecule has 1 atom stereocenters. The van der Waals surface area contributed by atoms with Crippen LogP contribution >= 0.6 is 22.9 Å². The molecule has 2 aromatic heterocycles. The maximum atomic E-state index is 12.5. The summed E-state index contributed by atoms with van der Waals surface area (Å²) in [6.45, 7) is 5.14. The molecule has 1 aromatic carbocycles. The highest BCUT2D eigenvalue weighted by molar-refractivity contribution is 7.12. The van der Waals surface area contributed by atoms with E-state index in [1.165, 1.54) is 11.3 Å². The molecule has 0 bridgehead atoms. The van der Waals surface area contributed by atoms with Crippen molar-refractivity contribution in [1.82, 2.24) is 15.1 Å². The van der Waals surface area contributed by atoms with Crippen molar-refractivity contribution in [3.8, 4) is 5.75 Å². The first-order valence-electron chi connectivity index (χ1n) is 8.35. The molecule has 3 rings (SSSR count). The van der Waals surface area contributed by atoms with Gasteiger partial charge in [-0.25, -0.2) is 0 Å². The number of benzene rings is 1. The number of thiophene rings is 1. The van der Waals surface area contributed by atoms with Crippen molar-refractivity contribution in [3.63, 3.8) is 0 Å². The van der Waals surface area contributed by atoms with E-state index in [0.717, 1.165) is 17.8 Å². The molecule has 0 aliphatic heterocycles. The maximum absolute atomic E-state index is 12.5. The lowest BCUT2D eigenvalue weighted by Gasteiger charge is -2.14. The van der Waals surface area contributed by atoms with Gasteiger partial charge in [-0.2, -0.15) is 5.10 Å². The van der Waals surface area contributed by atoms with Crippen LogP contribution in [0.5, 0.6) is 5.75 Å². The van der Waals surface area contributed by atoms with Gasteiger partial charge >= 0.3 is 0 Å². The zero-order chi connectivity index (χ0) is 18.5. The third-order valence-corrected chi connectivity index (χ3v) is 5.13. The van der Waals surface area contributed by atoms with Gasteiger partial charge in [0.2, 0.25) is 0 Å². The summed E-state index contributed by atoms with van der Waals surface area (Å²) in [6, 6.07) is 10.9. The molecule has 7 heteroatoms. The SMILES string of the molecule is CCn1nccc1C(C)NC(=O)c1cc(COc2cccc(Cl)c2)cs1. The Bertz CT molecular complexity index is 890. The third-order valence-electron chi connectivity index (χ3n) is 3.92. The Morgan fingerprint density at radius 3 is 3.00 bits per heavy atom. The number of nitrogens with one attached hydrogen (secondary N) is 1. The van der Waals surface area contributed by atoms with E-state index in [2.05, 4.69) is 10.4 Å². The van der Waals surface area contributed by atoms with Gasteiger partial charge in [-0.05, 0) is 49.6 Å². The Labute approximate surface area is 161 Å². The summed E-state index contributed by atoms with van der Waals surface area (Å²) in [6.07, 6.45) is 1.75. The molecule has 26 heavy (non-hydrogen) atoms. The minimum Gasteiger partial charge on any atom is -0.489 e. The van der Waals surface area contributed by atoms with E-state index in [4.69, 9.17) is 16.3 Å². The van der Waals surface area contributed by atoms with Crippen LogP contribution in [-0.4, -0.2) is 15.7 Å². The monoisotopic (exact) mass is 389 g/mol. The Balaban J connectivity index is 1.59. The summed E-state index contributed by atoms with van der Waals surface area (Å²) in [4.78, 5) is 13.2. The maximum Gasteiger partial charge on any atom is 0.261 e. The molecule has 3 aromatic rings. The zero-order valence-corrected chi connectivity index (χ0v) is 16.2. The molecule has 1 unspecified atom stereocenters. The molecule has 0 saturated heterocycles. The van der Waals surface area contributed by atoms with Crippen LogP contribution in [0.25, 0.3) is 0 Å². The molecular weight excluding hydrogens is 370 g/mol. The number of aryl methyl sites for hydroxylation is 1. The fourth-order valence-corrected chi connectivity index (χ4v) is 3.59. The Morgan fingerprint density at radius 1 is 1.38 bits per heavy atom. The lowest BCUT2D eigenvalue weighted by Crippen LogP contribution is -2.27. The average Bonchev–Trinajstić information content (AvgIpc) is 3.29. The fraction of sp³-hybridized carbons (Fsp3) is 0.263. The van der Waals surface area contributed by atoms with Crippen molar-refractivity contribution in [1.29, 1.82) is 0 Å². The van der Waals surface area contributed by atoms with Crippen LogP contribution in [0.15, 0.2) is 48.0 Å². The van der Waals surface area contributed by atoms with E-state index in [1.807, 2.05) is 48.2 Å². The predicted octanol–water partition coefficient (Wildman–Crippen LogP) is 4.69. The number of rotatable bonds is 7. The number of ether oxygens (including phenoxy) is 1. The summed E-state index contributed by atoms with van der Waals surface area (Å²) in [5, 5.41) is 9.83. The second-order valence-corrected chi connectivity index (χ2v) is 7.18. The average molecular weight is 390 g/mol. The first-order chi connectivity index (χ1) is 12.6. The topological polar surface area (TPSA) is 56.2 Å². The molecular formula is C19H20ClN3O2S. The van der Waals surface area contributed by atoms with Crippen LogP contribution in [-0.2, 0) is 13.2 Å². The highest BCUT2D eigenvalue weighted by Crippen LogP contribution is 2.21. The number of amides is 1. The minimum absolute atomic E-state index is 0.0969. The normalized spacial score (nSPS) is 12.0. The number of hydrogen-bond donors (Lipinski definition) is 1. The summed E-state index contributed by atoms with van der Waals surface area (Å²) in [5.74, 6) is 0.608. The quantitative estimate of drug-likeness (QED) is 0.637. The molecule has 0 fully saturated rings. The highest BCUT2D eigenvalue weighted by Gasteiger charge is 2.16. The molecule has 2 heterocycles. The van der Waals surface area contributed by atoms with Gasteiger partial charge in [0.1, 0.15) is 12.4 Å². The predicted molar refractivity (Wildman–Crippen MR) is 104 cm³/mol. The van der Waals surface area contributed by atoms with Crippen LogP contribution in [0.4, 0.5) is 0 Å². The van der Waals surface area contributed by atoms with Crippen molar-refractivity contribution >= 4 is 28.8 Å². The molecule has 0 aliphatic rings. The molecule has 0 spiro atoms. The van der Waals surface area contributed by atoms with Crippen LogP contribution in [0, 0.1) is 0 Å². The lowest BCUT2D eigenvalue weighted by molar-refractivity contribution is 0.0942. The van der Waals surface area contributed by atoms with E-state index >= 15 is 0 Å². The van der Waals surface area contributed by atoms with Crippen LogP contribution in [0.1, 0.15) is 40.8 Å². The van der Waals surface area contributed by atoms with Gasteiger partial charge in [-0.3, -0.25) is 9.48 Å². The highest BCUT2D eigenvalue weighted by atomic mass is 35.5. The van der Waals surface area contributed by atoms with Gasteiger partial charge in [0.25, 0.3) is 5.91 Å². The number of halogens is 1. The van der Waals surface area contributed by atoms with Crippen LogP contribution in [0.2, 0.25) is 5.02 Å². The molecule has 1 amide bonds. The summed E-state index contributed by atoms with van der Waals surface area (Å²) < 4.78 is 7.59. The minimum atomic E-state index is -0.113. The van der Waals surface area contributed by atoms with Gasteiger partial charge in [-0.15, -0.1) is 11.3 Å². The van der Waals surface area contributed by atoms with E-state index < -0.39 is 0 Å². The fourth-order valence-electron chi connectivity index (χ4n) is 2.61. The van der Waals surface area contributed by atoms with Crippen molar-refractivity contribution in [2.45, 2.75) is 33.0 Å². The van der Waals surface area contributed by atoms with E-state index in [0.29, 0.717) is 22.3 Å². The number of carbonyl (C=O) groups is 1. The first kappa shape index (κ1) is 18.5. The summed E-state index contributed by atoms with van der Waals surface area (Å²) >= 11 is 7.35. The lowest BCUT2D eigenvalue weighted by atomic mass is 10.2. The van der Waals surface area contributed by atoms with Crippen molar-refractivity contribution in [3.05, 3.63) is 69.1 Å². The van der Waals surface area contributed by atoms with Crippen molar-refractivity contribution < 1.29 is 9.53 Å². The molecule has 0 aliphatic carbocycles. The molecule has 1 N–H and O–H groups in total. The van der Waals surface area contributed by atoms with Gasteiger partial charge < -0.3 is 10.1 Å². The Morgan fingerprint density at radius 2 is 2.23 bits per heavy atom. The van der Waals surface area contributed by atoms with Crippen molar-refractivity contribution in [2.24, 2.45) is 0 Å². The van der Waals surface area contributed by atoms with E-state index in [-0.39, 0.29) is 11.9 Å². The molecule has 136 valence electrons. The van der Waals surface area contributed by atoms with Crippen LogP contribution < -0.4 is 10.1 Å². The zero-order valence-electron chi connectivity index (χ0n) is 14.6. The molecule has 5 nitrogen and oxygen atoms in total. The standard InChI is InChI=1S/C19H20ClN3O2S/c1-3-23-17(7-8-21-23)13(2)22-19(24)18-9-14(12-26-18)11-25-16-6-4-5-15(20)10-16/h4-10,12-13H,3,11H2,1-2H3,(H,22,24). The van der Waals surface area contributed by atoms with Gasteiger partial charge in [0.15, 0.2) is 0 Å². The Kier molecular flexibility index (Phi) is 5.96. The molecule has 0 saturated carbocycles. The summed E-state index contributed by atoms with van der Waals surface area (Å²) in [7, 11) is 0. The first-order valence-corrected chi connectivity index (χ1v) is 9.61. The van der Waals surface area contributed by atoms with Gasteiger partial charge in [0.05, 0.1) is 16.6 Å². The van der Waals surface area contributed by atoms with Crippen molar-refractivity contribution in [2.75, 3.05) is 0 Å². The second-order valence-electron chi connectivity index (χ2n) is 5.83. The second kappa shape index (κ2) is 8.38. The largest absolute Gasteiger partial charge is 0.489 e. The number of aromatic nitrogens is 2. The molecule has 0 radical (unpaired) electrons. The third kappa shape index (κ3) is 4.45. The number of hydrogen-bond acceptors (Lipinski definition) is 4. The number of nitrogens with zero attached hydrogens (tertiary/aromatic N) is 2. The van der Waals surface area contributed by atoms with Gasteiger partial charge in [-0.1, -0.05) is 17.7 Å². The van der Waals surface area contributed by atoms with Crippen LogP contribution in [0.3, 0.4) is 0 Å². The summed E-state index contributed by atoms with van der Waals surface area (Å²) in [5.41, 5.74) is 1.94. The van der Waals surface area contributed by atoms with Gasteiger partial charge in [0, 0.05) is 23.3 Å². The van der Waals surface area contributed by atoms with E-state index in [9.17, 15) is 4.79 Å². The number of carbonyl (C=O) groups excluding carboxylic acids is 1. The van der Waals surface area contributed by atoms with E-state index in [1.54, 1.807) is 18.3 Å². The smallest absolute Gasteiger partial charge is 0.261 e. The Hall–Kier alpha value is -2.31.